The van der Waals surface area contributed by atoms with Crippen molar-refractivity contribution in [1.82, 2.24) is 4.98 Å². The number of hydrogen-bond donors (Lipinski definition) is 1. The molecular weight excluding hydrogens is 357 g/mol. The SMILES string of the molecule is Cc1[nH]c2ccc(F)cc2c1C(=O)N1CCc2cc(N3CCOCC3)ccc21. The van der Waals surface area contributed by atoms with Crippen LogP contribution in [0.4, 0.5) is 15.8 Å². The summed E-state index contributed by atoms with van der Waals surface area (Å²) in [5.41, 5.74) is 5.42. The molecule has 2 aliphatic rings. The molecule has 0 unspecified atom stereocenters. The van der Waals surface area contributed by atoms with Crippen LogP contribution in [0.2, 0.25) is 0 Å². The van der Waals surface area contributed by atoms with E-state index in [0.717, 1.165) is 49.6 Å². The smallest absolute Gasteiger partial charge is 0.260 e. The highest BCUT2D eigenvalue weighted by molar-refractivity contribution is 6.15. The van der Waals surface area contributed by atoms with Crippen molar-refractivity contribution in [1.29, 1.82) is 0 Å². The number of nitrogens with one attached hydrogen (secondary N) is 1. The van der Waals surface area contributed by atoms with Crippen LogP contribution in [0, 0.1) is 12.7 Å². The number of carbonyl (C=O) groups excluding carboxylic acids is 1. The molecule has 28 heavy (non-hydrogen) atoms. The number of morpholine rings is 1. The van der Waals surface area contributed by atoms with Crippen LogP contribution in [0.5, 0.6) is 0 Å². The van der Waals surface area contributed by atoms with Crippen molar-refractivity contribution in [3.8, 4) is 0 Å². The Morgan fingerprint density at radius 3 is 2.75 bits per heavy atom. The van der Waals surface area contributed by atoms with Gasteiger partial charge in [0.1, 0.15) is 5.82 Å². The van der Waals surface area contributed by atoms with Gasteiger partial charge in [-0.25, -0.2) is 4.39 Å². The van der Waals surface area contributed by atoms with Crippen LogP contribution in [0.3, 0.4) is 0 Å². The number of ether oxygens (including phenoxy) is 1. The van der Waals surface area contributed by atoms with E-state index >= 15 is 0 Å². The number of aryl methyl sites for hydroxylation is 1. The number of rotatable bonds is 2. The summed E-state index contributed by atoms with van der Waals surface area (Å²) in [5.74, 6) is -0.412. The van der Waals surface area contributed by atoms with E-state index in [1.807, 2.05) is 17.9 Å². The molecule has 1 aromatic heterocycles. The molecule has 1 N–H and O–H groups in total. The Labute approximate surface area is 162 Å². The van der Waals surface area contributed by atoms with Crippen molar-refractivity contribution in [3.63, 3.8) is 0 Å². The van der Waals surface area contributed by atoms with Gasteiger partial charge in [0.15, 0.2) is 0 Å². The van der Waals surface area contributed by atoms with Crippen molar-refractivity contribution >= 4 is 28.2 Å². The molecule has 2 aromatic carbocycles. The first-order valence-corrected chi connectivity index (χ1v) is 9.67. The molecule has 0 saturated carbocycles. The molecule has 0 atom stereocenters. The van der Waals surface area contributed by atoms with Crippen LogP contribution in [0.1, 0.15) is 21.6 Å². The van der Waals surface area contributed by atoms with Crippen molar-refractivity contribution in [2.24, 2.45) is 0 Å². The van der Waals surface area contributed by atoms with Crippen molar-refractivity contribution in [2.75, 3.05) is 42.6 Å². The maximum Gasteiger partial charge on any atom is 0.260 e. The number of anilines is 2. The van der Waals surface area contributed by atoms with Crippen LogP contribution in [0.25, 0.3) is 10.9 Å². The largest absolute Gasteiger partial charge is 0.378 e. The van der Waals surface area contributed by atoms with Gasteiger partial charge in [-0.3, -0.25) is 4.79 Å². The fourth-order valence-electron chi connectivity index (χ4n) is 4.33. The van der Waals surface area contributed by atoms with Crippen molar-refractivity contribution in [3.05, 3.63) is 59.0 Å². The molecule has 0 spiro atoms. The van der Waals surface area contributed by atoms with E-state index in [1.165, 1.54) is 23.4 Å². The lowest BCUT2D eigenvalue weighted by molar-refractivity contribution is 0.0990. The van der Waals surface area contributed by atoms with Gasteiger partial charge in [-0.05, 0) is 55.3 Å². The first kappa shape index (κ1) is 17.3. The van der Waals surface area contributed by atoms with E-state index in [9.17, 15) is 9.18 Å². The summed E-state index contributed by atoms with van der Waals surface area (Å²) in [5, 5.41) is 0.640. The van der Waals surface area contributed by atoms with Gasteiger partial charge in [-0.15, -0.1) is 0 Å². The van der Waals surface area contributed by atoms with Crippen LogP contribution in [0.15, 0.2) is 36.4 Å². The van der Waals surface area contributed by atoms with Gasteiger partial charge in [-0.1, -0.05) is 0 Å². The summed E-state index contributed by atoms with van der Waals surface area (Å²) in [6.45, 7) is 5.78. The topological polar surface area (TPSA) is 48.6 Å². The number of H-pyrrole nitrogens is 1. The van der Waals surface area contributed by atoms with Gasteiger partial charge in [0, 0.05) is 47.6 Å². The Morgan fingerprint density at radius 1 is 1.11 bits per heavy atom. The van der Waals surface area contributed by atoms with Gasteiger partial charge in [-0.2, -0.15) is 0 Å². The van der Waals surface area contributed by atoms with Gasteiger partial charge in [0.25, 0.3) is 5.91 Å². The Bertz CT molecular complexity index is 1070. The van der Waals surface area contributed by atoms with Crippen LogP contribution < -0.4 is 9.80 Å². The lowest BCUT2D eigenvalue weighted by atomic mass is 10.1. The van der Waals surface area contributed by atoms with Gasteiger partial charge in [0.05, 0.1) is 18.8 Å². The molecule has 1 saturated heterocycles. The van der Waals surface area contributed by atoms with E-state index in [0.29, 0.717) is 17.5 Å². The zero-order valence-electron chi connectivity index (χ0n) is 15.8. The lowest BCUT2D eigenvalue weighted by Gasteiger charge is -2.29. The number of aromatic amines is 1. The Kier molecular flexibility index (Phi) is 4.09. The van der Waals surface area contributed by atoms with Gasteiger partial charge >= 0.3 is 0 Å². The predicted octanol–water partition coefficient (Wildman–Crippen LogP) is 3.65. The van der Waals surface area contributed by atoms with Crippen LogP contribution >= 0.6 is 0 Å². The summed E-state index contributed by atoms with van der Waals surface area (Å²) in [6, 6.07) is 10.8. The molecular formula is C22H22FN3O2. The number of amides is 1. The molecule has 5 rings (SSSR count). The number of nitrogens with zero attached hydrogens (tertiary/aromatic N) is 2. The third-order valence-electron chi connectivity index (χ3n) is 5.74. The van der Waals surface area contributed by atoms with E-state index in [1.54, 1.807) is 6.07 Å². The van der Waals surface area contributed by atoms with Gasteiger partial charge < -0.3 is 19.5 Å². The molecule has 1 amide bonds. The van der Waals surface area contributed by atoms with Crippen molar-refractivity contribution < 1.29 is 13.9 Å². The molecule has 3 aromatic rings. The normalized spacial score (nSPS) is 16.6. The second kappa shape index (κ2) is 6.63. The third-order valence-corrected chi connectivity index (χ3v) is 5.74. The second-order valence-corrected chi connectivity index (χ2v) is 7.43. The molecule has 3 heterocycles. The standard InChI is InChI=1S/C22H22FN3O2/c1-14-21(18-13-16(23)2-4-19(18)24-14)22(27)26-7-6-15-12-17(3-5-20(15)26)25-8-10-28-11-9-25/h2-5,12-13,24H,6-11H2,1H3. The number of hydrogen-bond acceptors (Lipinski definition) is 3. The van der Waals surface area contributed by atoms with Crippen molar-refractivity contribution in [2.45, 2.75) is 13.3 Å². The average Bonchev–Trinajstić information content (AvgIpc) is 3.27. The number of aromatic nitrogens is 1. The summed E-state index contributed by atoms with van der Waals surface area (Å²) in [7, 11) is 0. The Morgan fingerprint density at radius 2 is 1.93 bits per heavy atom. The molecule has 2 aliphatic heterocycles. The zero-order valence-corrected chi connectivity index (χ0v) is 15.8. The van der Waals surface area contributed by atoms with E-state index in [-0.39, 0.29) is 11.7 Å². The molecule has 1 fully saturated rings. The Hall–Kier alpha value is -2.86. The molecule has 6 heteroatoms. The number of carbonyl (C=O) groups is 1. The molecule has 0 radical (unpaired) electrons. The zero-order chi connectivity index (χ0) is 19.3. The quantitative estimate of drug-likeness (QED) is 0.739. The molecule has 0 bridgehead atoms. The summed E-state index contributed by atoms with van der Waals surface area (Å²) in [4.78, 5) is 20.7. The Balaban J connectivity index is 1.49. The first-order valence-electron chi connectivity index (χ1n) is 9.67. The van der Waals surface area contributed by atoms with E-state index in [2.05, 4.69) is 22.0 Å². The first-order chi connectivity index (χ1) is 13.6. The van der Waals surface area contributed by atoms with E-state index in [4.69, 9.17) is 4.74 Å². The van der Waals surface area contributed by atoms with Crippen LogP contribution in [-0.2, 0) is 11.2 Å². The monoisotopic (exact) mass is 379 g/mol. The summed E-state index contributed by atoms with van der Waals surface area (Å²) < 4.78 is 19.2. The maximum atomic E-state index is 13.8. The minimum absolute atomic E-state index is 0.0766. The van der Waals surface area contributed by atoms with Crippen LogP contribution in [-0.4, -0.2) is 43.7 Å². The molecule has 0 aliphatic carbocycles. The molecule has 144 valence electrons. The highest BCUT2D eigenvalue weighted by Gasteiger charge is 2.29. The third kappa shape index (κ3) is 2.76. The maximum absolute atomic E-state index is 13.8. The lowest BCUT2D eigenvalue weighted by Crippen LogP contribution is -2.36. The fourth-order valence-corrected chi connectivity index (χ4v) is 4.33. The average molecular weight is 379 g/mol. The minimum Gasteiger partial charge on any atom is -0.378 e. The fraction of sp³-hybridized carbons (Fsp3) is 0.318. The molecule has 5 nitrogen and oxygen atoms in total. The second-order valence-electron chi connectivity index (χ2n) is 7.43. The predicted molar refractivity (Wildman–Crippen MR) is 108 cm³/mol. The van der Waals surface area contributed by atoms with E-state index < -0.39 is 0 Å². The number of fused-ring (bicyclic) bond motifs is 2. The minimum atomic E-state index is -0.336. The number of halogens is 1. The number of benzene rings is 2. The summed E-state index contributed by atoms with van der Waals surface area (Å²) >= 11 is 0. The highest BCUT2D eigenvalue weighted by atomic mass is 19.1. The highest BCUT2D eigenvalue weighted by Crippen LogP contribution is 2.34. The summed E-state index contributed by atoms with van der Waals surface area (Å²) in [6.07, 6.45) is 0.828. The van der Waals surface area contributed by atoms with Gasteiger partial charge in [0.2, 0.25) is 0 Å².